The van der Waals surface area contributed by atoms with E-state index in [-0.39, 0.29) is 11.7 Å². The minimum atomic E-state index is -0.578. The number of nitrogen functional groups attached to an aromatic ring is 1. The summed E-state index contributed by atoms with van der Waals surface area (Å²) in [5.74, 6) is -0.224. The van der Waals surface area contributed by atoms with Gasteiger partial charge in [0.2, 0.25) is 5.91 Å². The van der Waals surface area contributed by atoms with Crippen LogP contribution >= 0.6 is 0 Å². The summed E-state index contributed by atoms with van der Waals surface area (Å²) < 4.78 is 1.34. The molecule has 1 heterocycles. The number of nitriles is 1. The first kappa shape index (κ1) is 13.5. The SMILES string of the molecule is Cc1c(N)cccc1NC(=O)C(C)n1cnc(C#N)n1. The molecule has 0 aliphatic carbocycles. The van der Waals surface area contributed by atoms with E-state index in [0.717, 1.165) is 5.56 Å². The Hall–Kier alpha value is -2.88. The largest absolute Gasteiger partial charge is 0.398 e. The van der Waals surface area contributed by atoms with Gasteiger partial charge in [0, 0.05) is 11.4 Å². The van der Waals surface area contributed by atoms with Crippen LogP contribution in [0.15, 0.2) is 24.5 Å². The molecule has 1 atom stereocenters. The third-order valence-corrected chi connectivity index (χ3v) is 3.02. The number of amides is 1. The molecule has 2 aromatic rings. The monoisotopic (exact) mass is 270 g/mol. The number of hydrogen-bond acceptors (Lipinski definition) is 5. The smallest absolute Gasteiger partial charge is 0.252 e. The van der Waals surface area contributed by atoms with Crippen LogP contribution in [0.5, 0.6) is 0 Å². The lowest BCUT2D eigenvalue weighted by Gasteiger charge is -2.14. The van der Waals surface area contributed by atoms with Gasteiger partial charge in [-0.1, -0.05) is 6.07 Å². The Labute approximate surface area is 116 Å². The van der Waals surface area contributed by atoms with E-state index in [0.29, 0.717) is 11.4 Å². The third-order valence-electron chi connectivity index (χ3n) is 3.02. The number of nitrogens with zero attached hydrogens (tertiary/aromatic N) is 4. The van der Waals surface area contributed by atoms with Crippen molar-refractivity contribution in [3.63, 3.8) is 0 Å². The van der Waals surface area contributed by atoms with Crippen LogP contribution in [-0.2, 0) is 4.79 Å². The molecule has 20 heavy (non-hydrogen) atoms. The highest BCUT2D eigenvalue weighted by molar-refractivity contribution is 5.94. The van der Waals surface area contributed by atoms with E-state index in [4.69, 9.17) is 11.0 Å². The minimum Gasteiger partial charge on any atom is -0.398 e. The average Bonchev–Trinajstić information content (AvgIpc) is 2.91. The molecular formula is C13H14N6O. The second-order valence-corrected chi connectivity index (χ2v) is 4.35. The number of aromatic nitrogens is 3. The molecule has 0 spiro atoms. The highest BCUT2D eigenvalue weighted by Gasteiger charge is 2.17. The van der Waals surface area contributed by atoms with Gasteiger partial charge in [-0.15, -0.1) is 5.10 Å². The van der Waals surface area contributed by atoms with E-state index in [2.05, 4.69) is 15.4 Å². The fourth-order valence-electron chi connectivity index (χ4n) is 1.66. The first-order chi connectivity index (χ1) is 9.52. The van der Waals surface area contributed by atoms with E-state index in [1.807, 2.05) is 13.0 Å². The quantitative estimate of drug-likeness (QED) is 0.815. The van der Waals surface area contributed by atoms with E-state index in [1.54, 1.807) is 25.1 Å². The van der Waals surface area contributed by atoms with Crippen molar-refractivity contribution < 1.29 is 4.79 Å². The van der Waals surface area contributed by atoms with Crippen molar-refractivity contribution in [1.29, 1.82) is 5.26 Å². The molecule has 3 N–H and O–H groups in total. The molecule has 102 valence electrons. The average molecular weight is 270 g/mol. The molecule has 0 fully saturated rings. The van der Waals surface area contributed by atoms with Crippen LogP contribution in [0.2, 0.25) is 0 Å². The molecule has 0 bridgehead atoms. The summed E-state index contributed by atoms with van der Waals surface area (Å²) in [6, 6.07) is 6.55. The maximum absolute atomic E-state index is 12.2. The fraction of sp³-hybridized carbons (Fsp3) is 0.231. The summed E-state index contributed by atoms with van der Waals surface area (Å²) in [5.41, 5.74) is 7.87. The van der Waals surface area contributed by atoms with Crippen molar-refractivity contribution in [2.24, 2.45) is 0 Å². The first-order valence-corrected chi connectivity index (χ1v) is 6.00. The van der Waals surface area contributed by atoms with E-state index in [1.165, 1.54) is 11.0 Å². The van der Waals surface area contributed by atoms with Gasteiger partial charge in [-0.2, -0.15) is 5.26 Å². The van der Waals surface area contributed by atoms with Crippen molar-refractivity contribution in [2.75, 3.05) is 11.1 Å². The van der Waals surface area contributed by atoms with Crippen LogP contribution in [0.1, 0.15) is 24.4 Å². The molecule has 0 aliphatic rings. The van der Waals surface area contributed by atoms with E-state index >= 15 is 0 Å². The van der Waals surface area contributed by atoms with Crippen LogP contribution in [0.4, 0.5) is 11.4 Å². The van der Waals surface area contributed by atoms with Crippen LogP contribution in [-0.4, -0.2) is 20.7 Å². The van der Waals surface area contributed by atoms with Gasteiger partial charge in [0.05, 0.1) is 0 Å². The standard InChI is InChI=1S/C13H14N6O/c1-8-10(15)4-3-5-11(8)17-13(20)9(2)19-7-16-12(6-14)18-19/h3-5,7,9H,15H2,1-2H3,(H,17,20). The summed E-state index contributed by atoms with van der Waals surface area (Å²) in [4.78, 5) is 15.9. The van der Waals surface area contributed by atoms with Crippen LogP contribution in [0.3, 0.4) is 0 Å². The molecule has 1 aromatic carbocycles. The number of nitrogens with one attached hydrogen (secondary N) is 1. The number of carbonyl (C=O) groups is 1. The number of anilines is 2. The van der Waals surface area contributed by atoms with Crippen molar-refractivity contribution in [3.8, 4) is 6.07 Å². The van der Waals surface area contributed by atoms with Gasteiger partial charge in [-0.3, -0.25) is 4.79 Å². The van der Waals surface area contributed by atoms with Crippen molar-refractivity contribution in [1.82, 2.24) is 14.8 Å². The minimum absolute atomic E-state index is 0.0322. The molecule has 1 aromatic heterocycles. The van der Waals surface area contributed by atoms with E-state index < -0.39 is 6.04 Å². The Morgan fingerprint density at radius 3 is 2.95 bits per heavy atom. The number of carbonyl (C=O) groups excluding carboxylic acids is 1. The molecule has 0 saturated heterocycles. The number of benzene rings is 1. The Kier molecular flexibility index (Phi) is 3.66. The van der Waals surface area contributed by atoms with Crippen LogP contribution in [0.25, 0.3) is 0 Å². The molecule has 0 saturated carbocycles. The van der Waals surface area contributed by atoms with Gasteiger partial charge in [-0.25, -0.2) is 9.67 Å². The summed E-state index contributed by atoms with van der Waals surface area (Å²) in [6.45, 7) is 3.51. The lowest BCUT2D eigenvalue weighted by Crippen LogP contribution is -2.24. The number of nitrogens with two attached hydrogens (primary N) is 1. The van der Waals surface area contributed by atoms with Gasteiger partial charge >= 0.3 is 0 Å². The molecule has 2 rings (SSSR count). The molecular weight excluding hydrogens is 256 g/mol. The van der Waals surface area contributed by atoms with Gasteiger partial charge < -0.3 is 11.1 Å². The van der Waals surface area contributed by atoms with Crippen molar-refractivity contribution in [2.45, 2.75) is 19.9 Å². The van der Waals surface area contributed by atoms with Gasteiger partial charge in [0.15, 0.2) is 0 Å². The summed E-state index contributed by atoms with van der Waals surface area (Å²) in [7, 11) is 0. The molecule has 1 unspecified atom stereocenters. The Bertz CT molecular complexity index is 684. The van der Waals surface area contributed by atoms with Crippen molar-refractivity contribution >= 4 is 17.3 Å². The zero-order valence-electron chi connectivity index (χ0n) is 11.2. The topological polar surface area (TPSA) is 110 Å². The second kappa shape index (κ2) is 5.40. The van der Waals surface area contributed by atoms with Crippen LogP contribution < -0.4 is 11.1 Å². The normalized spacial score (nSPS) is 11.7. The second-order valence-electron chi connectivity index (χ2n) is 4.35. The van der Waals surface area contributed by atoms with Gasteiger partial charge in [-0.05, 0) is 31.5 Å². The Morgan fingerprint density at radius 1 is 1.55 bits per heavy atom. The zero-order valence-corrected chi connectivity index (χ0v) is 11.2. The zero-order chi connectivity index (χ0) is 14.7. The number of hydrogen-bond donors (Lipinski definition) is 2. The van der Waals surface area contributed by atoms with Gasteiger partial charge in [0.1, 0.15) is 18.4 Å². The van der Waals surface area contributed by atoms with Crippen molar-refractivity contribution in [3.05, 3.63) is 35.9 Å². The lowest BCUT2D eigenvalue weighted by molar-refractivity contribution is -0.119. The highest BCUT2D eigenvalue weighted by Crippen LogP contribution is 2.21. The molecule has 0 radical (unpaired) electrons. The maximum Gasteiger partial charge on any atom is 0.252 e. The van der Waals surface area contributed by atoms with Crippen LogP contribution in [0, 0.1) is 18.3 Å². The summed E-state index contributed by atoms with van der Waals surface area (Å²) >= 11 is 0. The summed E-state index contributed by atoms with van der Waals surface area (Å²) in [5, 5.41) is 15.3. The first-order valence-electron chi connectivity index (χ1n) is 6.00. The third kappa shape index (κ3) is 2.59. The molecule has 1 amide bonds. The molecule has 7 nitrogen and oxygen atoms in total. The van der Waals surface area contributed by atoms with Gasteiger partial charge in [0.25, 0.3) is 5.82 Å². The molecule has 0 aliphatic heterocycles. The lowest BCUT2D eigenvalue weighted by atomic mass is 10.1. The fourth-order valence-corrected chi connectivity index (χ4v) is 1.66. The van der Waals surface area contributed by atoms with E-state index in [9.17, 15) is 4.79 Å². The number of rotatable bonds is 3. The molecule has 7 heteroatoms. The maximum atomic E-state index is 12.2. The Balaban J connectivity index is 2.16. The summed E-state index contributed by atoms with van der Waals surface area (Å²) in [6.07, 6.45) is 1.36. The Morgan fingerprint density at radius 2 is 2.30 bits per heavy atom. The predicted molar refractivity (Wildman–Crippen MR) is 73.7 cm³/mol. The predicted octanol–water partition coefficient (Wildman–Crippen LogP) is 1.24. The highest BCUT2D eigenvalue weighted by atomic mass is 16.2.